The largest absolute Gasteiger partial charge is 0.493 e. The van der Waals surface area contributed by atoms with Crippen molar-refractivity contribution in [1.82, 2.24) is 15.2 Å². The van der Waals surface area contributed by atoms with Gasteiger partial charge in [0.15, 0.2) is 0 Å². The number of fused-ring (bicyclic) bond motifs is 1. The highest BCUT2D eigenvalue weighted by Crippen LogP contribution is 2.33. The Bertz CT molecular complexity index is 1060. The third-order valence-electron chi connectivity index (χ3n) is 5.04. The van der Waals surface area contributed by atoms with Gasteiger partial charge in [-0.1, -0.05) is 6.07 Å². The molecule has 0 aliphatic carbocycles. The first-order valence-electron chi connectivity index (χ1n) is 9.38. The van der Waals surface area contributed by atoms with Crippen LogP contribution in [-0.4, -0.2) is 35.6 Å². The molecule has 2 heterocycles. The highest BCUT2D eigenvalue weighted by atomic mass is 19.4. The molecule has 0 unspecified atom stereocenters. The first kappa shape index (κ1) is 20.1. The maximum atomic E-state index is 13.6. The number of alkyl halides is 3. The van der Waals surface area contributed by atoms with Crippen molar-refractivity contribution in [1.29, 1.82) is 0 Å². The van der Waals surface area contributed by atoms with Crippen LogP contribution in [0, 0.1) is 11.7 Å². The minimum Gasteiger partial charge on any atom is -0.493 e. The maximum Gasteiger partial charge on any atom is 0.419 e. The molecule has 158 valence electrons. The van der Waals surface area contributed by atoms with Gasteiger partial charge in [-0.15, -0.1) is 0 Å². The summed E-state index contributed by atoms with van der Waals surface area (Å²) in [5, 5.41) is 3.93. The molecule has 30 heavy (non-hydrogen) atoms. The van der Waals surface area contributed by atoms with Gasteiger partial charge in [0.25, 0.3) is 0 Å². The van der Waals surface area contributed by atoms with Crippen molar-refractivity contribution in [2.75, 3.05) is 19.7 Å². The number of benzene rings is 2. The molecule has 4 rings (SSSR count). The summed E-state index contributed by atoms with van der Waals surface area (Å²) in [5.74, 6) is -1.30. The predicted octanol–water partition coefficient (Wildman–Crippen LogP) is 4.55. The first-order chi connectivity index (χ1) is 14.3. The van der Waals surface area contributed by atoms with Crippen LogP contribution in [0.4, 0.5) is 22.4 Å². The summed E-state index contributed by atoms with van der Waals surface area (Å²) in [6.45, 7) is 1.53. The zero-order valence-corrected chi connectivity index (χ0v) is 15.8. The van der Waals surface area contributed by atoms with Crippen molar-refractivity contribution >= 4 is 16.9 Å². The van der Waals surface area contributed by atoms with Crippen LogP contribution in [0.25, 0.3) is 10.9 Å². The van der Waals surface area contributed by atoms with Gasteiger partial charge in [0, 0.05) is 43.3 Å². The molecule has 1 saturated heterocycles. The number of H-pyrrole nitrogens is 1. The molecule has 0 bridgehead atoms. The Morgan fingerprint density at radius 2 is 1.97 bits per heavy atom. The molecule has 1 fully saturated rings. The van der Waals surface area contributed by atoms with Crippen LogP contribution < -0.4 is 10.1 Å². The standard InChI is InChI=1S/C21H19F4N3O2/c22-18-8-16(2-3-17(18)21(23,24)25)30-12-14-10-28(11-14)20(29)27-9-13-1-4-19-15(7-13)5-6-26-19/h1-8,14,26H,9-12H2,(H,27,29). The number of aromatic nitrogens is 1. The number of aromatic amines is 1. The van der Waals surface area contributed by atoms with Crippen molar-refractivity contribution in [2.45, 2.75) is 12.7 Å². The van der Waals surface area contributed by atoms with Crippen LogP contribution >= 0.6 is 0 Å². The number of rotatable bonds is 5. The third kappa shape index (κ3) is 4.34. The van der Waals surface area contributed by atoms with Crippen LogP contribution in [0.1, 0.15) is 11.1 Å². The van der Waals surface area contributed by atoms with E-state index >= 15 is 0 Å². The van der Waals surface area contributed by atoms with Gasteiger partial charge in [-0.3, -0.25) is 0 Å². The molecular weight excluding hydrogens is 402 g/mol. The minimum absolute atomic E-state index is 0.0311. The molecule has 9 heteroatoms. The lowest BCUT2D eigenvalue weighted by Gasteiger charge is -2.38. The van der Waals surface area contributed by atoms with Crippen LogP contribution in [0.2, 0.25) is 0 Å². The molecule has 0 spiro atoms. The second-order valence-corrected chi connectivity index (χ2v) is 7.28. The second kappa shape index (κ2) is 7.89. The average molecular weight is 421 g/mol. The maximum absolute atomic E-state index is 13.6. The summed E-state index contributed by atoms with van der Waals surface area (Å²) >= 11 is 0. The third-order valence-corrected chi connectivity index (χ3v) is 5.04. The fraction of sp³-hybridized carbons (Fsp3) is 0.286. The Balaban J connectivity index is 1.21. The minimum atomic E-state index is -4.74. The molecule has 0 saturated carbocycles. The quantitative estimate of drug-likeness (QED) is 0.594. The molecule has 1 aromatic heterocycles. The summed E-state index contributed by atoms with van der Waals surface area (Å²) < 4.78 is 56.7. The fourth-order valence-corrected chi connectivity index (χ4v) is 3.37. The molecule has 2 amide bonds. The van der Waals surface area contributed by atoms with Crippen LogP contribution in [0.5, 0.6) is 5.75 Å². The Kier molecular flexibility index (Phi) is 5.27. The van der Waals surface area contributed by atoms with Gasteiger partial charge in [0.05, 0.1) is 12.2 Å². The topological polar surface area (TPSA) is 57.4 Å². The summed E-state index contributed by atoms with van der Waals surface area (Å²) in [6, 6.07) is 10.2. The number of hydrogen-bond acceptors (Lipinski definition) is 2. The number of hydrogen-bond donors (Lipinski definition) is 2. The van der Waals surface area contributed by atoms with E-state index in [0.29, 0.717) is 25.7 Å². The summed E-state index contributed by atoms with van der Waals surface area (Å²) in [5.41, 5.74) is 0.695. The average Bonchev–Trinajstić information content (AvgIpc) is 3.12. The Labute approximate surface area is 169 Å². The number of nitrogens with zero attached hydrogens (tertiary/aromatic N) is 1. The van der Waals surface area contributed by atoms with E-state index in [1.54, 1.807) is 4.90 Å². The molecule has 2 aromatic carbocycles. The highest BCUT2D eigenvalue weighted by molar-refractivity contribution is 5.80. The van der Waals surface area contributed by atoms with E-state index in [1.165, 1.54) is 0 Å². The van der Waals surface area contributed by atoms with Gasteiger partial charge in [0.2, 0.25) is 0 Å². The van der Waals surface area contributed by atoms with Crippen molar-refractivity contribution in [3.63, 3.8) is 0 Å². The Hall–Kier alpha value is -3.23. The molecule has 3 aromatic rings. The zero-order chi connectivity index (χ0) is 21.3. The highest BCUT2D eigenvalue weighted by Gasteiger charge is 2.34. The summed E-state index contributed by atoms with van der Waals surface area (Å²) in [6.07, 6.45) is -2.88. The normalized spacial score (nSPS) is 14.6. The molecular formula is C21H19F4N3O2. The number of carbonyl (C=O) groups excluding carboxylic acids is 1. The van der Waals surface area contributed by atoms with Crippen molar-refractivity contribution in [3.05, 3.63) is 65.6 Å². The van der Waals surface area contributed by atoms with E-state index < -0.39 is 17.6 Å². The molecule has 0 radical (unpaired) electrons. The van der Waals surface area contributed by atoms with Crippen LogP contribution in [-0.2, 0) is 12.7 Å². The van der Waals surface area contributed by atoms with Crippen LogP contribution in [0.15, 0.2) is 48.7 Å². The number of halogens is 4. The number of nitrogens with one attached hydrogen (secondary N) is 2. The van der Waals surface area contributed by atoms with E-state index in [9.17, 15) is 22.4 Å². The molecule has 0 atom stereocenters. The number of ether oxygens (including phenoxy) is 1. The Morgan fingerprint density at radius 1 is 1.17 bits per heavy atom. The van der Waals surface area contributed by atoms with Crippen molar-refractivity contribution < 1.29 is 27.1 Å². The lowest BCUT2D eigenvalue weighted by Crippen LogP contribution is -2.55. The summed E-state index contributed by atoms with van der Waals surface area (Å²) in [7, 11) is 0. The van der Waals surface area contributed by atoms with E-state index in [1.807, 2.05) is 30.5 Å². The van der Waals surface area contributed by atoms with Gasteiger partial charge < -0.3 is 19.9 Å². The zero-order valence-electron chi connectivity index (χ0n) is 15.8. The molecule has 1 aliphatic rings. The second-order valence-electron chi connectivity index (χ2n) is 7.28. The van der Waals surface area contributed by atoms with Gasteiger partial charge in [-0.05, 0) is 41.3 Å². The summed E-state index contributed by atoms with van der Waals surface area (Å²) in [4.78, 5) is 17.0. The van der Waals surface area contributed by atoms with Gasteiger partial charge in [0.1, 0.15) is 11.6 Å². The number of amides is 2. The van der Waals surface area contributed by atoms with E-state index in [0.717, 1.165) is 28.6 Å². The lowest BCUT2D eigenvalue weighted by atomic mass is 10.0. The van der Waals surface area contributed by atoms with E-state index in [4.69, 9.17) is 4.74 Å². The monoisotopic (exact) mass is 421 g/mol. The number of likely N-dealkylation sites (tertiary alicyclic amines) is 1. The molecule has 2 N–H and O–H groups in total. The van der Waals surface area contributed by atoms with Crippen molar-refractivity contribution in [2.24, 2.45) is 5.92 Å². The van der Waals surface area contributed by atoms with E-state index in [-0.39, 0.29) is 24.3 Å². The number of urea groups is 1. The van der Waals surface area contributed by atoms with Gasteiger partial charge in [-0.2, -0.15) is 13.2 Å². The van der Waals surface area contributed by atoms with Gasteiger partial charge in [-0.25, -0.2) is 9.18 Å². The SMILES string of the molecule is O=C(NCc1ccc2[nH]ccc2c1)N1CC(COc2ccc(C(F)(F)F)c(F)c2)C1. The van der Waals surface area contributed by atoms with Crippen molar-refractivity contribution in [3.8, 4) is 5.75 Å². The fourth-order valence-electron chi connectivity index (χ4n) is 3.37. The smallest absolute Gasteiger partial charge is 0.419 e. The van der Waals surface area contributed by atoms with E-state index in [2.05, 4.69) is 10.3 Å². The predicted molar refractivity (Wildman–Crippen MR) is 102 cm³/mol. The molecule has 1 aliphatic heterocycles. The van der Waals surface area contributed by atoms with Gasteiger partial charge >= 0.3 is 12.2 Å². The number of carbonyl (C=O) groups is 1. The Morgan fingerprint density at radius 3 is 2.70 bits per heavy atom. The van der Waals surface area contributed by atoms with Crippen LogP contribution in [0.3, 0.4) is 0 Å². The molecule has 5 nitrogen and oxygen atoms in total. The lowest BCUT2D eigenvalue weighted by molar-refractivity contribution is -0.140. The first-order valence-corrected chi connectivity index (χ1v) is 9.38.